The molecule has 0 unspecified atom stereocenters. The number of carbonyl (C=O) groups excluding carboxylic acids is 2. The van der Waals surface area contributed by atoms with Crippen LogP contribution in [0.5, 0.6) is 5.75 Å². The van der Waals surface area contributed by atoms with E-state index in [1.54, 1.807) is 17.9 Å². The summed E-state index contributed by atoms with van der Waals surface area (Å²) < 4.78 is 5.68. The number of hydrogen-bond acceptors (Lipinski definition) is 3. The van der Waals surface area contributed by atoms with Gasteiger partial charge >= 0.3 is 0 Å². The predicted molar refractivity (Wildman–Crippen MR) is 121 cm³/mol. The molecule has 162 valence electrons. The van der Waals surface area contributed by atoms with E-state index in [-0.39, 0.29) is 11.8 Å². The molecule has 0 saturated heterocycles. The highest BCUT2D eigenvalue weighted by molar-refractivity contribution is 6.31. The second-order valence-electron chi connectivity index (χ2n) is 7.20. The van der Waals surface area contributed by atoms with Gasteiger partial charge in [-0.3, -0.25) is 9.59 Å². The number of benzene rings is 2. The van der Waals surface area contributed by atoms with Crippen molar-refractivity contribution in [1.82, 2.24) is 10.2 Å². The van der Waals surface area contributed by atoms with Crippen molar-refractivity contribution >= 4 is 23.4 Å². The van der Waals surface area contributed by atoms with Crippen LogP contribution in [0, 0.1) is 0 Å². The fourth-order valence-electron chi connectivity index (χ4n) is 3.00. The smallest absolute Gasteiger partial charge is 0.242 e. The van der Waals surface area contributed by atoms with Crippen molar-refractivity contribution in [1.29, 1.82) is 0 Å². The number of nitrogens with zero attached hydrogens (tertiary/aromatic N) is 1. The fraction of sp³-hybridized carbons (Fsp3) is 0.417. The van der Waals surface area contributed by atoms with E-state index in [9.17, 15) is 9.59 Å². The van der Waals surface area contributed by atoms with E-state index in [0.29, 0.717) is 37.6 Å². The zero-order chi connectivity index (χ0) is 21.8. The Morgan fingerprint density at radius 1 is 1.07 bits per heavy atom. The highest BCUT2D eigenvalue weighted by Crippen LogP contribution is 2.19. The molecule has 0 saturated carbocycles. The molecule has 2 amide bonds. The van der Waals surface area contributed by atoms with Crippen LogP contribution < -0.4 is 10.1 Å². The van der Waals surface area contributed by atoms with Gasteiger partial charge < -0.3 is 15.0 Å². The number of nitrogens with one attached hydrogen (secondary N) is 1. The number of carbonyl (C=O) groups is 2. The molecule has 0 aliphatic rings. The van der Waals surface area contributed by atoms with Gasteiger partial charge in [0.15, 0.2) is 0 Å². The van der Waals surface area contributed by atoms with E-state index in [0.717, 1.165) is 24.2 Å². The SMILES string of the molecule is CCCCNC(=O)[C@@H](C)N(Cc1ccccc1Cl)C(=O)CCCOc1ccccc1. The molecule has 1 atom stereocenters. The summed E-state index contributed by atoms with van der Waals surface area (Å²) in [4.78, 5) is 27.2. The Morgan fingerprint density at radius 2 is 1.77 bits per heavy atom. The first kappa shape index (κ1) is 23.7. The third-order valence-electron chi connectivity index (χ3n) is 4.84. The normalized spacial score (nSPS) is 11.6. The van der Waals surface area contributed by atoms with Gasteiger partial charge in [-0.25, -0.2) is 0 Å². The van der Waals surface area contributed by atoms with Gasteiger partial charge in [0.2, 0.25) is 11.8 Å². The van der Waals surface area contributed by atoms with Gasteiger partial charge in [0.25, 0.3) is 0 Å². The first-order valence-corrected chi connectivity index (χ1v) is 10.9. The summed E-state index contributed by atoms with van der Waals surface area (Å²) in [6, 6.07) is 16.3. The lowest BCUT2D eigenvalue weighted by Gasteiger charge is -2.29. The zero-order valence-electron chi connectivity index (χ0n) is 17.8. The minimum absolute atomic E-state index is 0.0928. The number of hydrogen-bond donors (Lipinski definition) is 1. The van der Waals surface area contributed by atoms with Crippen molar-refractivity contribution in [2.75, 3.05) is 13.2 Å². The molecule has 0 aliphatic carbocycles. The summed E-state index contributed by atoms with van der Waals surface area (Å²) in [5, 5.41) is 3.50. The summed E-state index contributed by atoms with van der Waals surface area (Å²) in [6.45, 7) is 5.17. The fourth-order valence-corrected chi connectivity index (χ4v) is 3.20. The Balaban J connectivity index is 1.98. The molecule has 0 aliphatic heterocycles. The van der Waals surface area contributed by atoms with Crippen LogP contribution in [0.3, 0.4) is 0 Å². The standard InChI is InChI=1S/C24H31ClN2O3/c1-3-4-16-26-24(29)19(2)27(18-20-11-8-9-14-22(20)25)23(28)15-10-17-30-21-12-6-5-7-13-21/h5-9,11-14,19H,3-4,10,15-18H2,1-2H3,(H,26,29)/t19-/m1/s1. The van der Waals surface area contributed by atoms with Crippen LogP contribution in [0.1, 0.15) is 45.1 Å². The third kappa shape index (κ3) is 7.71. The molecule has 0 radical (unpaired) electrons. The van der Waals surface area contributed by atoms with Gasteiger partial charge in [-0.05, 0) is 43.5 Å². The molecular formula is C24H31ClN2O3. The van der Waals surface area contributed by atoms with E-state index in [1.807, 2.05) is 48.5 Å². The monoisotopic (exact) mass is 430 g/mol. The van der Waals surface area contributed by atoms with Crippen molar-refractivity contribution in [2.24, 2.45) is 0 Å². The van der Waals surface area contributed by atoms with Crippen molar-refractivity contribution < 1.29 is 14.3 Å². The van der Waals surface area contributed by atoms with Crippen molar-refractivity contribution in [3.63, 3.8) is 0 Å². The highest BCUT2D eigenvalue weighted by Gasteiger charge is 2.26. The Hall–Kier alpha value is -2.53. The molecule has 0 aromatic heterocycles. The van der Waals surface area contributed by atoms with Crippen LogP contribution in [-0.2, 0) is 16.1 Å². The summed E-state index contributed by atoms with van der Waals surface area (Å²) in [7, 11) is 0. The summed E-state index contributed by atoms with van der Waals surface area (Å²) in [6.07, 6.45) is 2.77. The lowest BCUT2D eigenvalue weighted by Crippen LogP contribution is -2.47. The molecule has 0 bridgehead atoms. The number of halogens is 1. The average molecular weight is 431 g/mol. The van der Waals surface area contributed by atoms with E-state index in [4.69, 9.17) is 16.3 Å². The lowest BCUT2D eigenvalue weighted by atomic mass is 10.1. The van der Waals surface area contributed by atoms with Crippen LogP contribution >= 0.6 is 11.6 Å². The van der Waals surface area contributed by atoms with E-state index in [2.05, 4.69) is 12.2 Å². The number of unbranched alkanes of at least 4 members (excludes halogenated alkanes) is 1. The number of ether oxygens (including phenoxy) is 1. The maximum Gasteiger partial charge on any atom is 0.242 e. The first-order valence-electron chi connectivity index (χ1n) is 10.5. The Morgan fingerprint density at radius 3 is 2.47 bits per heavy atom. The summed E-state index contributed by atoms with van der Waals surface area (Å²) in [5.41, 5.74) is 0.821. The number of amides is 2. The van der Waals surface area contributed by atoms with Crippen LogP contribution in [0.4, 0.5) is 0 Å². The van der Waals surface area contributed by atoms with Crippen molar-refractivity contribution in [3.05, 3.63) is 65.2 Å². The molecule has 6 heteroatoms. The Kier molecular flexibility index (Phi) is 10.2. The molecule has 0 fully saturated rings. The van der Waals surface area contributed by atoms with Crippen molar-refractivity contribution in [3.8, 4) is 5.75 Å². The molecule has 2 aromatic rings. The molecule has 1 N–H and O–H groups in total. The predicted octanol–water partition coefficient (Wildman–Crippen LogP) is 4.83. The van der Waals surface area contributed by atoms with Gasteiger partial charge in [0, 0.05) is 24.5 Å². The number of rotatable bonds is 12. The van der Waals surface area contributed by atoms with Gasteiger partial charge in [0.1, 0.15) is 11.8 Å². The molecule has 0 heterocycles. The minimum atomic E-state index is -0.583. The molecule has 30 heavy (non-hydrogen) atoms. The summed E-state index contributed by atoms with van der Waals surface area (Å²) in [5.74, 6) is 0.538. The van der Waals surface area contributed by atoms with Crippen LogP contribution in [0.25, 0.3) is 0 Å². The quantitative estimate of drug-likeness (QED) is 0.490. The molecular weight excluding hydrogens is 400 g/mol. The van der Waals surface area contributed by atoms with Gasteiger partial charge in [0.05, 0.1) is 6.61 Å². The van der Waals surface area contributed by atoms with Crippen LogP contribution in [-0.4, -0.2) is 35.9 Å². The molecule has 0 spiro atoms. The zero-order valence-corrected chi connectivity index (χ0v) is 18.5. The van der Waals surface area contributed by atoms with E-state index < -0.39 is 6.04 Å². The minimum Gasteiger partial charge on any atom is -0.494 e. The molecule has 2 aromatic carbocycles. The second kappa shape index (κ2) is 12.9. The molecule has 5 nitrogen and oxygen atoms in total. The van der Waals surface area contributed by atoms with Gasteiger partial charge in [-0.15, -0.1) is 0 Å². The largest absolute Gasteiger partial charge is 0.494 e. The third-order valence-corrected chi connectivity index (χ3v) is 5.21. The number of para-hydroxylation sites is 1. The van der Waals surface area contributed by atoms with E-state index >= 15 is 0 Å². The second-order valence-corrected chi connectivity index (χ2v) is 7.61. The summed E-state index contributed by atoms with van der Waals surface area (Å²) >= 11 is 6.30. The molecule has 2 rings (SSSR count). The topological polar surface area (TPSA) is 58.6 Å². The Bertz CT molecular complexity index is 798. The van der Waals surface area contributed by atoms with E-state index in [1.165, 1.54) is 0 Å². The van der Waals surface area contributed by atoms with Gasteiger partial charge in [-0.2, -0.15) is 0 Å². The maximum atomic E-state index is 13.0. The highest BCUT2D eigenvalue weighted by atomic mass is 35.5. The van der Waals surface area contributed by atoms with Crippen molar-refractivity contribution in [2.45, 2.75) is 52.1 Å². The van der Waals surface area contributed by atoms with Crippen LogP contribution in [0.15, 0.2) is 54.6 Å². The average Bonchev–Trinajstić information content (AvgIpc) is 2.76. The maximum absolute atomic E-state index is 13.0. The van der Waals surface area contributed by atoms with Gasteiger partial charge in [-0.1, -0.05) is 61.3 Å². The first-order chi connectivity index (χ1) is 14.5. The lowest BCUT2D eigenvalue weighted by molar-refractivity contribution is -0.140. The Labute approximate surface area is 184 Å². The van der Waals surface area contributed by atoms with Crippen LogP contribution in [0.2, 0.25) is 5.02 Å².